The SMILES string of the molecule is COc1cc(F)c(C(=O)c2cc(C)ccc2N)cc1OC. The van der Waals surface area contributed by atoms with Gasteiger partial charge >= 0.3 is 0 Å². The van der Waals surface area contributed by atoms with E-state index in [-0.39, 0.29) is 22.6 Å². The zero-order valence-corrected chi connectivity index (χ0v) is 12.1. The molecule has 4 nitrogen and oxygen atoms in total. The van der Waals surface area contributed by atoms with Crippen LogP contribution in [0.4, 0.5) is 10.1 Å². The second kappa shape index (κ2) is 5.83. The first-order valence-corrected chi connectivity index (χ1v) is 6.30. The van der Waals surface area contributed by atoms with Gasteiger partial charge in [-0.1, -0.05) is 11.6 Å². The molecule has 110 valence electrons. The summed E-state index contributed by atoms with van der Waals surface area (Å²) < 4.78 is 24.2. The van der Waals surface area contributed by atoms with Crippen molar-refractivity contribution in [3.63, 3.8) is 0 Å². The third kappa shape index (κ3) is 2.81. The van der Waals surface area contributed by atoms with Crippen molar-refractivity contribution in [3.8, 4) is 11.5 Å². The number of anilines is 1. The van der Waals surface area contributed by atoms with Gasteiger partial charge in [0.05, 0.1) is 19.8 Å². The smallest absolute Gasteiger partial charge is 0.198 e. The molecular formula is C16H16FNO3. The molecule has 0 fully saturated rings. The molecule has 5 heteroatoms. The Labute approximate surface area is 122 Å². The number of aryl methyl sites for hydroxylation is 1. The van der Waals surface area contributed by atoms with Crippen molar-refractivity contribution in [2.75, 3.05) is 20.0 Å². The molecule has 0 aromatic heterocycles. The molecule has 2 rings (SSSR count). The highest BCUT2D eigenvalue weighted by Gasteiger charge is 2.20. The number of hydrogen-bond donors (Lipinski definition) is 1. The van der Waals surface area contributed by atoms with Crippen LogP contribution in [0.15, 0.2) is 30.3 Å². The Morgan fingerprint density at radius 2 is 1.67 bits per heavy atom. The average molecular weight is 289 g/mol. The fraction of sp³-hybridized carbons (Fsp3) is 0.188. The van der Waals surface area contributed by atoms with Crippen molar-refractivity contribution in [3.05, 3.63) is 52.8 Å². The molecular weight excluding hydrogens is 273 g/mol. The van der Waals surface area contributed by atoms with Crippen molar-refractivity contribution in [1.82, 2.24) is 0 Å². The Morgan fingerprint density at radius 3 is 2.29 bits per heavy atom. The number of benzene rings is 2. The Balaban J connectivity index is 2.55. The van der Waals surface area contributed by atoms with Crippen LogP contribution in [0.3, 0.4) is 0 Å². The first-order chi connectivity index (χ1) is 9.97. The van der Waals surface area contributed by atoms with Gasteiger partial charge in [-0.05, 0) is 25.1 Å². The summed E-state index contributed by atoms with van der Waals surface area (Å²) in [7, 11) is 2.82. The standard InChI is InChI=1S/C16H16FNO3/c1-9-4-5-13(18)11(6-9)16(19)10-7-14(20-2)15(21-3)8-12(10)17/h4-8H,18H2,1-3H3. The number of carbonyl (C=O) groups excluding carboxylic acids is 1. The van der Waals surface area contributed by atoms with Gasteiger partial charge in [-0.25, -0.2) is 4.39 Å². The Morgan fingerprint density at radius 1 is 1.05 bits per heavy atom. The summed E-state index contributed by atoms with van der Waals surface area (Å²) in [6.45, 7) is 1.83. The second-order valence-electron chi connectivity index (χ2n) is 4.61. The third-order valence-corrected chi connectivity index (χ3v) is 3.17. The average Bonchev–Trinajstić information content (AvgIpc) is 2.48. The molecule has 2 aromatic rings. The summed E-state index contributed by atoms with van der Waals surface area (Å²) in [4.78, 5) is 12.5. The molecule has 2 N–H and O–H groups in total. The number of carbonyl (C=O) groups is 1. The van der Waals surface area contributed by atoms with Gasteiger partial charge in [-0.15, -0.1) is 0 Å². The van der Waals surface area contributed by atoms with Crippen molar-refractivity contribution < 1.29 is 18.7 Å². The van der Waals surface area contributed by atoms with Gasteiger partial charge < -0.3 is 15.2 Å². The van der Waals surface area contributed by atoms with E-state index in [4.69, 9.17) is 15.2 Å². The van der Waals surface area contributed by atoms with Gasteiger partial charge in [-0.2, -0.15) is 0 Å². The van der Waals surface area contributed by atoms with Gasteiger partial charge in [0.2, 0.25) is 0 Å². The first kappa shape index (κ1) is 14.8. The van der Waals surface area contributed by atoms with Crippen LogP contribution in [0.2, 0.25) is 0 Å². The molecule has 0 saturated carbocycles. The number of ketones is 1. The minimum absolute atomic E-state index is 0.107. The predicted octanol–water partition coefficient (Wildman–Crippen LogP) is 2.96. The van der Waals surface area contributed by atoms with E-state index in [1.54, 1.807) is 18.2 Å². The minimum Gasteiger partial charge on any atom is -0.493 e. The van der Waals surface area contributed by atoms with Gasteiger partial charge in [-0.3, -0.25) is 4.79 Å². The van der Waals surface area contributed by atoms with Gasteiger partial charge in [0.25, 0.3) is 0 Å². The van der Waals surface area contributed by atoms with Crippen LogP contribution in [0.1, 0.15) is 21.5 Å². The summed E-state index contributed by atoms with van der Waals surface area (Å²) >= 11 is 0. The minimum atomic E-state index is -0.682. The van der Waals surface area contributed by atoms with Crippen molar-refractivity contribution in [2.24, 2.45) is 0 Å². The molecule has 0 unspecified atom stereocenters. The summed E-state index contributed by atoms with van der Waals surface area (Å²) in [5, 5.41) is 0. The normalized spacial score (nSPS) is 10.3. The van der Waals surface area contributed by atoms with E-state index in [1.807, 2.05) is 6.92 Å². The molecule has 0 spiro atoms. The van der Waals surface area contributed by atoms with Crippen molar-refractivity contribution in [2.45, 2.75) is 6.92 Å². The number of nitrogens with two attached hydrogens (primary N) is 1. The molecule has 0 amide bonds. The summed E-state index contributed by atoms with van der Waals surface area (Å²) in [5.74, 6) is -0.662. The van der Waals surface area contributed by atoms with Crippen LogP contribution in [0.25, 0.3) is 0 Å². The van der Waals surface area contributed by atoms with Crippen LogP contribution >= 0.6 is 0 Å². The number of rotatable bonds is 4. The van der Waals surface area contributed by atoms with E-state index in [2.05, 4.69) is 0 Å². The fourth-order valence-corrected chi connectivity index (χ4v) is 2.04. The van der Waals surface area contributed by atoms with Gasteiger partial charge in [0.1, 0.15) is 5.82 Å². The number of halogens is 1. The Bertz CT molecular complexity index is 698. The Hall–Kier alpha value is -2.56. The molecule has 21 heavy (non-hydrogen) atoms. The lowest BCUT2D eigenvalue weighted by Crippen LogP contribution is -2.09. The zero-order valence-electron chi connectivity index (χ0n) is 12.1. The largest absolute Gasteiger partial charge is 0.493 e. The highest BCUT2D eigenvalue weighted by molar-refractivity contribution is 6.12. The molecule has 2 aromatic carbocycles. The molecule has 0 aliphatic heterocycles. The van der Waals surface area contributed by atoms with Gasteiger partial charge in [0, 0.05) is 17.3 Å². The molecule has 0 aliphatic carbocycles. The van der Waals surface area contributed by atoms with Crippen LogP contribution in [0, 0.1) is 12.7 Å². The molecule has 0 bridgehead atoms. The number of ether oxygens (including phenoxy) is 2. The van der Waals surface area contributed by atoms with E-state index in [0.29, 0.717) is 5.69 Å². The third-order valence-electron chi connectivity index (χ3n) is 3.17. The monoisotopic (exact) mass is 289 g/mol. The second-order valence-corrected chi connectivity index (χ2v) is 4.61. The Kier molecular flexibility index (Phi) is 4.12. The highest BCUT2D eigenvalue weighted by Crippen LogP contribution is 2.31. The first-order valence-electron chi connectivity index (χ1n) is 6.30. The maximum absolute atomic E-state index is 14.1. The lowest BCUT2D eigenvalue weighted by atomic mass is 9.99. The molecule has 0 atom stereocenters. The molecule has 0 heterocycles. The van der Waals surface area contributed by atoms with Crippen LogP contribution in [-0.2, 0) is 0 Å². The topological polar surface area (TPSA) is 61.5 Å². The number of nitrogen functional groups attached to an aromatic ring is 1. The predicted molar refractivity (Wildman–Crippen MR) is 78.5 cm³/mol. The van der Waals surface area contributed by atoms with Crippen LogP contribution in [0.5, 0.6) is 11.5 Å². The van der Waals surface area contributed by atoms with Crippen molar-refractivity contribution >= 4 is 11.5 Å². The van der Waals surface area contributed by atoms with Crippen molar-refractivity contribution in [1.29, 1.82) is 0 Å². The highest BCUT2D eigenvalue weighted by atomic mass is 19.1. The fourth-order valence-electron chi connectivity index (χ4n) is 2.04. The van der Waals surface area contributed by atoms with Crippen LogP contribution < -0.4 is 15.2 Å². The maximum Gasteiger partial charge on any atom is 0.198 e. The molecule has 0 radical (unpaired) electrons. The van der Waals surface area contributed by atoms with E-state index in [9.17, 15) is 9.18 Å². The van der Waals surface area contributed by atoms with E-state index in [1.165, 1.54) is 20.3 Å². The van der Waals surface area contributed by atoms with Gasteiger partial charge in [0.15, 0.2) is 17.3 Å². The van der Waals surface area contributed by atoms with E-state index >= 15 is 0 Å². The van der Waals surface area contributed by atoms with E-state index in [0.717, 1.165) is 11.6 Å². The maximum atomic E-state index is 14.1. The molecule has 0 saturated heterocycles. The number of methoxy groups -OCH3 is 2. The van der Waals surface area contributed by atoms with Crippen LogP contribution in [-0.4, -0.2) is 20.0 Å². The summed E-state index contributed by atoms with van der Waals surface area (Å²) in [5.41, 5.74) is 7.14. The lowest BCUT2D eigenvalue weighted by Gasteiger charge is -2.11. The lowest BCUT2D eigenvalue weighted by molar-refractivity contribution is 0.103. The summed E-state index contributed by atoms with van der Waals surface area (Å²) in [6, 6.07) is 7.49. The molecule has 0 aliphatic rings. The quantitative estimate of drug-likeness (QED) is 0.694. The zero-order chi connectivity index (χ0) is 15.6. The number of hydrogen-bond acceptors (Lipinski definition) is 4. The summed E-state index contributed by atoms with van der Waals surface area (Å²) in [6.07, 6.45) is 0. The van der Waals surface area contributed by atoms with E-state index < -0.39 is 11.6 Å².